The number of carbonyl (C=O) groups is 1. The lowest BCUT2D eigenvalue weighted by Crippen LogP contribution is -2.29. The highest BCUT2D eigenvalue weighted by Gasteiger charge is 1.93. The maximum absolute atomic E-state index is 10.2. The second-order valence-corrected chi connectivity index (χ2v) is 1.40. The molecule has 0 spiro atoms. The van der Waals surface area contributed by atoms with Crippen LogP contribution in [-0.4, -0.2) is 24.5 Å². The van der Waals surface area contributed by atoms with Crippen molar-refractivity contribution >= 4 is 5.91 Å². The van der Waals surface area contributed by atoms with Gasteiger partial charge >= 0.3 is 0 Å². The zero-order valence-corrected chi connectivity index (χ0v) is 6.64. The summed E-state index contributed by atoms with van der Waals surface area (Å²) < 4.78 is 0. The summed E-state index contributed by atoms with van der Waals surface area (Å²) >= 11 is 0. The number of carbonyl (C=O) groups excluding carboxylic acids is 1. The van der Waals surface area contributed by atoms with Crippen molar-refractivity contribution in [3.05, 3.63) is 0 Å². The molecule has 0 saturated heterocycles. The monoisotopic (exact) mass is 132 g/mol. The summed E-state index contributed by atoms with van der Waals surface area (Å²) in [6.45, 7) is 5.78. The van der Waals surface area contributed by atoms with E-state index in [1.165, 1.54) is 11.8 Å². The summed E-state index contributed by atoms with van der Waals surface area (Å²) in [5, 5.41) is 0. The molecule has 0 aliphatic rings. The first-order valence-electron chi connectivity index (χ1n) is 3.10. The lowest BCUT2D eigenvalue weighted by atomic mass is 10.6. The maximum Gasteiger partial charge on any atom is 0.220 e. The second kappa shape index (κ2) is 7.43. The molecule has 0 aliphatic heterocycles. The summed E-state index contributed by atoms with van der Waals surface area (Å²) in [4.78, 5) is 11.7. The van der Waals surface area contributed by atoms with Crippen molar-refractivity contribution in [2.24, 2.45) is 5.73 Å². The fourth-order valence-corrected chi connectivity index (χ4v) is 0.129. The van der Waals surface area contributed by atoms with Crippen molar-refractivity contribution < 1.29 is 4.79 Å². The molecule has 0 saturated carbocycles. The van der Waals surface area contributed by atoms with Crippen LogP contribution >= 0.6 is 0 Å². The van der Waals surface area contributed by atoms with Crippen LogP contribution in [0.5, 0.6) is 0 Å². The quantitative estimate of drug-likeness (QED) is 0.525. The molecular weight excluding hydrogens is 116 g/mol. The van der Waals surface area contributed by atoms with E-state index in [2.05, 4.69) is 0 Å². The van der Waals surface area contributed by atoms with Gasteiger partial charge in [-0.3, -0.25) is 4.79 Å². The van der Waals surface area contributed by atoms with Gasteiger partial charge in [0.05, 0.1) is 6.67 Å². The maximum atomic E-state index is 10.2. The van der Waals surface area contributed by atoms with Gasteiger partial charge in [-0.25, -0.2) is 0 Å². The number of amides is 1. The number of rotatable bonds is 1. The first kappa shape index (κ1) is 11.3. The molecule has 0 radical (unpaired) electrons. The van der Waals surface area contributed by atoms with Crippen LogP contribution in [0.1, 0.15) is 20.8 Å². The van der Waals surface area contributed by atoms with E-state index in [0.717, 1.165) is 0 Å². The summed E-state index contributed by atoms with van der Waals surface area (Å²) in [7, 11) is 1.66. The Morgan fingerprint density at radius 1 is 1.56 bits per heavy atom. The van der Waals surface area contributed by atoms with E-state index in [1.54, 1.807) is 7.05 Å². The van der Waals surface area contributed by atoms with E-state index in [4.69, 9.17) is 5.73 Å². The molecule has 0 rings (SSSR count). The van der Waals surface area contributed by atoms with Gasteiger partial charge in [-0.15, -0.1) is 0 Å². The Hall–Kier alpha value is -0.570. The Labute approximate surface area is 56.8 Å². The minimum Gasteiger partial charge on any atom is -0.333 e. The predicted octanol–water partition coefficient (Wildman–Crippen LogP) is 0.407. The topological polar surface area (TPSA) is 46.3 Å². The van der Waals surface area contributed by atoms with Crippen molar-refractivity contribution in [3.8, 4) is 0 Å². The van der Waals surface area contributed by atoms with Gasteiger partial charge in [0.25, 0.3) is 0 Å². The average Bonchev–Trinajstić information content (AvgIpc) is 1.91. The van der Waals surface area contributed by atoms with Gasteiger partial charge in [-0.1, -0.05) is 13.8 Å². The minimum atomic E-state index is 0.00231. The van der Waals surface area contributed by atoms with Gasteiger partial charge in [0, 0.05) is 14.0 Å². The molecule has 0 unspecified atom stereocenters. The molecule has 2 N–H and O–H groups in total. The van der Waals surface area contributed by atoms with Gasteiger partial charge in [-0.2, -0.15) is 0 Å². The van der Waals surface area contributed by atoms with Crippen LogP contribution in [0.15, 0.2) is 0 Å². The number of nitrogens with two attached hydrogens (primary N) is 1. The first-order valence-corrected chi connectivity index (χ1v) is 3.10. The van der Waals surface area contributed by atoms with Crippen molar-refractivity contribution in [2.45, 2.75) is 20.8 Å². The van der Waals surface area contributed by atoms with Crippen molar-refractivity contribution in [1.29, 1.82) is 0 Å². The molecule has 0 bridgehead atoms. The molecule has 0 fully saturated rings. The van der Waals surface area contributed by atoms with E-state index in [-0.39, 0.29) is 5.91 Å². The van der Waals surface area contributed by atoms with Gasteiger partial charge < -0.3 is 10.6 Å². The van der Waals surface area contributed by atoms with Crippen LogP contribution in [0.3, 0.4) is 0 Å². The van der Waals surface area contributed by atoms with E-state index in [9.17, 15) is 4.79 Å². The highest BCUT2D eigenvalue weighted by atomic mass is 16.2. The zero-order chi connectivity index (χ0) is 7.86. The third-order valence-corrected chi connectivity index (χ3v) is 0.811. The fraction of sp³-hybridized carbons (Fsp3) is 0.833. The Morgan fingerprint density at radius 2 is 1.89 bits per heavy atom. The Bertz CT molecular complexity index is 73.5. The summed E-state index contributed by atoms with van der Waals surface area (Å²) in [5.41, 5.74) is 5.08. The number of hydrogen-bond donors (Lipinski definition) is 1. The normalized spacial score (nSPS) is 7.22. The molecule has 0 aliphatic carbocycles. The van der Waals surface area contributed by atoms with E-state index >= 15 is 0 Å². The molecule has 56 valence electrons. The largest absolute Gasteiger partial charge is 0.333 e. The molecule has 9 heavy (non-hydrogen) atoms. The fourth-order valence-electron chi connectivity index (χ4n) is 0.129. The van der Waals surface area contributed by atoms with Crippen molar-refractivity contribution in [3.63, 3.8) is 0 Å². The highest BCUT2D eigenvalue weighted by Crippen LogP contribution is 1.73. The number of nitrogens with zero attached hydrogens (tertiary/aromatic N) is 1. The Morgan fingerprint density at radius 3 is 1.89 bits per heavy atom. The van der Waals surface area contributed by atoms with Crippen molar-refractivity contribution in [2.75, 3.05) is 13.7 Å². The molecule has 0 aromatic rings. The zero-order valence-electron chi connectivity index (χ0n) is 6.64. The third-order valence-electron chi connectivity index (χ3n) is 0.811. The van der Waals surface area contributed by atoms with Crippen LogP contribution in [0.4, 0.5) is 0 Å². The van der Waals surface area contributed by atoms with Crippen LogP contribution < -0.4 is 5.73 Å². The van der Waals surface area contributed by atoms with E-state index < -0.39 is 0 Å². The molecule has 0 heterocycles. The number of hydrogen-bond acceptors (Lipinski definition) is 2. The summed E-state index contributed by atoms with van der Waals surface area (Å²) in [5.74, 6) is 0.00231. The van der Waals surface area contributed by atoms with Gasteiger partial charge in [0.15, 0.2) is 0 Å². The van der Waals surface area contributed by atoms with Crippen LogP contribution in [-0.2, 0) is 4.79 Å². The van der Waals surface area contributed by atoms with E-state index in [1.807, 2.05) is 13.8 Å². The molecular formula is C6H16N2O. The second-order valence-electron chi connectivity index (χ2n) is 1.40. The SMILES string of the molecule is CC.CC(=O)N(C)CN. The standard InChI is InChI=1S/C4H10N2O.C2H6/c1-4(7)6(2)3-5;1-2/h3,5H2,1-2H3;1-2H3. The highest BCUT2D eigenvalue weighted by molar-refractivity contribution is 5.72. The predicted molar refractivity (Wildman–Crippen MR) is 38.8 cm³/mol. The molecule has 0 atom stereocenters. The lowest BCUT2D eigenvalue weighted by molar-refractivity contribution is -0.127. The summed E-state index contributed by atoms with van der Waals surface area (Å²) in [6, 6.07) is 0. The Kier molecular flexibility index (Phi) is 9.29. The van der Waals surface area contributed by atoms with Crippen LogP contribution in [0.2, 0.25) is 0 Å². The average molecular weight is 132 g/mol. The molecule has 0 aromatic heterocycles. The summed E-state index contributed by atoms with van der Waals surface area (Å²) in [6.07, 6.45) is 0. The third kappa shape index (κ3) is 7.43. The molecule has 0 aromatic carbocycles. The molecule has 3 heteroatoms. The minimum absolute atomic E-state index is 0.00231. The van der Waals surface area contributed by atoms with E-state index in [0.29, 0.717) is 6.67 Å². The van der Waals surface area contributed by atoms with Gasteiger partial charge in [0.1, 0.15) is 0 Å². The lowest BCUT2D eigenvalue weighted by Gasteiger charge is -2.08. The Balaban J connectivity index is 0. The molecule has 3 nitrogen and oxygen atoms in total. The smallest absolute Gasteiger partial charge is 0.220 e. The van der Waals surface area contributed by atoms with Gasteiger partial charge in [0.2, 0.25) is 5.91 Å². The van der Waals surface area contributed by atoms with Crippen LogP contribution in [0, 0.1) is 0 Å². The van der Waals surface area contributed by atoms with Crippen LogP contribution in [0.25, 0.3) is 0 Å². The van der Waals surface area contributed by atoms with Gasteiger partial charge in [-0.05, 0) is 0 Å². The van der Waals surface area contributed by atoms with Crippen molar-refractivity contribution in [1.82, 2.24) is 4.90 Å². The molecule has 1 amide bonds. The first-order chi connectivity index (χ1) is 4.18.